The zero-order valence-corrected chi connectivity index (χ0v) is 14.7. The summed E-state index contributed by atoms with van der Waals surface area (Å²) in [6.07, 6.45) is 0.819. The third-order valence-electron chi connectivity index (χ3n) is 3.63. The average Bonchev–Trinajstić information content (AvgIpc) is 2.46. The summed E-state index contributed by atoms with van der Waals surface area (Å²) in [4.78, 5) is 24.5. The number of hydrogen-bond donors (Lipinski definition) is 3. The molecule has 6 heteroatoms. The number of carbonyl (C=O) groups is 2. The Labute approximate surface area is 138 Å². The minimum absolute atomic E-state index is 0.0458. The first-order valence-electron chi connectivity index (χ1n) is 7.90. The molecule has 2 atom stereocenters. The van der Waals surface area contributed by atoms with Crippen LogP contribution in [-0.4, -0.2) is 38.7 Å². The van der Waals surface area contributed by atoms with Crippen LogP contribution in [0, 0.1) is 6.92 Å². The van der Waals surface area contributed by atoms with Gasteiger partial charge in [-0.1, -0.05) is 18.6 Å². The molecule has 0 heterocycles. The van der Waals surface area contributed by atoms with Gasteiger partial charge < -0.3 is 15.0 Å². The summed E-state index contributed by atoms with van der Waals surface area (Å²) in [7, 11) is 3.55. The molecule has 0 aliphatic carbocycles. The first kappa shape index (κ1) is 19.0. The van der Waals surface area contributed by atoms with Gasteiger partial charge >= 0.3 is 6.03 Å². The number of methoxy groups -OCH3 is 1. The van der Waals surface area contributed by atoms with Gasteiger partial charge in [0.05, 0.1) is 14.2 Å². The molecule has 6 nitrogen and oxygen atoms in total. The van der Waals surface area contributed by atoms with E-state index in [1.807, 2.05) is 40.0 Å². The van der Waals surface area contributed by atoms with Gasteiger partial charge in [-0.15, -0.1) is 0 Å². The zero-order valence-electron chi connectivity index (χ0n) is 14.7. The van der Waals surface area contributed by atoms with E-state index in [-0.39, 0.29) is 18.5 Å². The molecular formula is C17H28N3O3+. The van der Waals surface area contributed by atoms with E-state index in [9.17, 15) is 9.59 Å². The Hall–Kier alpha value is -2.08. The number of benzene rings is 1. The molecule has 128 valence electrons. The van der Waals surface area contributed by atoms with E-state index in [1.54, 1.807) is 7.11 Å². The lowest BCUT2D eigenvalue weighted by molar-refractivity contribution is -0.885. The lowest BCUT2D eigenvalue weighted by Crippen LogP contribution is -3.09. The number of carbonyl (C=O) groups excluding carboxylic acids is 2. The molecule has 3 amide bonds. The lowest BCUT2D eigenvalue weighted by atomic mass is 10.1. The van der Waals surface area contributed by atoms with E-state index in [0.717, 1.165) is 28.2 Å². The SMILES string of the molecule is CC[C@@H](C)NC(=O)NC(=O)C[NH+](C)Cc1cc(C)ccc1OC. The molecule has 1 rings (SSSR count). The summed E-state index contributed by atoms with van der Waals surface area (Å²) in [6, 6.07) is 5.58. The van der Waals surface area contributed by atoms with Crippen LogP contribution >= 0.6 is 0 Å². The van der Waals surface area contributed by atoms with Crippen LogP contribution in [0.4, 0.5) is 4.79 Å². The molecule has 0 aliphatic heterocycles. The number of hydrogen-bond acceptors (Lipinski definition) is 3. The molecule has 1 aromatic carbocycles. The van der Waals surface area contributed by atoms with Crippen molar-refractivity contribution >= 4 is 11.9 Å². The van der Waals surface area contributed by atoms with Gasteiger partial charge in [0.1, 0.15) is 12.3 Å². The molecule has 0 saturated heterocycles. The summed E-state index contributed by atoms with van der Waals surface area (Å²) in [6.45, 7) is 6.74. The number of urea groups is 1. The van der Waals surface area contributed by atoms with Crippen molar-refractivity contribution in [2.75, 3.05) is 20.7 Å². The van der Waals surface area contributed by atoms with Crippen LogP contribution in [0.5, 0.6) is 5.75 Å². The molecule has 0 fully saturated rings. The Morgan fingerprint density at radius 2 is 2.04 bits per heavy atom. The summed E-state index contributed by atoms with van der Waals surface area (Å²) < 4.78 is 5.35. The second-order valence-electron chi connectivity index (χ2n) is 5.96. The van der Waals surface area contributed by atoms with Crippen molar-refractivity contribution in [2.45, 2.75) is 39.8 Å². The van der Waals surface area contributed by atoms with E-state index >= 15 is 0 Å². The summed E-state index contributed by atoms with van der Waals surface area (Å²) in [5, 5.41) is 5.07. The largest absolute Gasteiger partial charge is 0.496 e. The van der Waals surface area contributed by atoms with E-state index < -0.39 is 6.03 Å². The second-order valence-corrected chi connectivity index (χ2v) is 5.96. The number of quaternary nitrogens is 1. The van der Waals surface area contributed by atoms with E-state index in [4.69, 9.17) is 4.74 Å². The molecule has 1 aromatic rings. The molecule has 0 saturated carbocycles. The van der Waals surface area contributed by atoms with Gasteiger partial charge in [0, 0.05) is 11.6 Å². The van der Waals surface area contributed by atoms with Crippen molar-refractivity contribution in [3.05, 3.63) is 29.3 Å². The molecule has 0 bridgehead atoms. The van der Waals surface area contributed by atoms with Crippen molar-refractivity contribution in [3.8, 4) is 5.75 Å². The van der Waals surface area contributed by atoms with Gasteiger partial charge in [-0.2, -0.15) is 0 Å². The van der Waals surface area contributed by atoms with Crippen LogP contribution in [-0.2, 0) is 11.3 Å². The van der Waals surface area contributed by atoms with Crippen LogP contribution in [0.1, 0.15) is 31.4 Å². The summed E-state index contributed by atoms with van der Waals surface area (Å²) in [5.74, 6) is 0.514. The highest BCUT2D eigenvalue weighted by Crippen LogP contribution is 2.18. The third-order valence-corrected chi connectivity index (χ3v) is 3.63. The van der Waals surface area contributed by atoms with Crippen LogP contribution < -0.4 is 20.3 Å². The number of rotatable bonds is 7. The summed E-state index contributed by atoms with van der Waals surface area (Å²) in [5.41, 5.74) is 2.19. The smallest absolute Gasteiger partial charge is 0.321 e. The highest BCUT2D eigenvalue weighted by Gasteiger charge is 2.16. The van der Waals surface area contributed by atoms with Gasteiger partial charge in [0.15, 0.2) is 6.54 Å². The van der Waals surface area contributed by atoms with Gasteiger partial charge in [-0.3, -0.25) is 10.1 Å². The molecule has 3 N–H and O–H groups in total. The van der Waals surface area contributed by atoms with Gasteiger partial charge in [0.25, 0.3) is 5.91 Å². The maximum atomic E-state index is 11.9. The first-order valence-corrected chi connectivity index (χ1v) is 7.90. The Morgan fingerprint density at radius 3 is 2.65 bits per heavy atom. The van der Waals surface area contributed by atoms with Crippen molar-refractivity contribution in [1.82, 2.24) is 10.6 Å². The molecule has 0 radical (unpaired) electrons. The van der Waals surface area contributed by atoms with Gasteiger partial charge in [-0.25, -0.2) is 4.79 Å². The van der Waals surface area contributed by atoms with Gasteiger partial charge in [-0.05, 0) is 32.4 Å². The van der Waals surface area contributed by atoms with Crippen molar-refractivity contribution < 1.29 is 19.2 Å². The highest BCUT2D eigenvalue weighted by atomic mass is 16.5. The predicted molar refractivity (Wildman–Crippen MR) is 89.6 cm³/mol. The number of nitrogens with one attached hydrogen (secondary N) is 3. The fraction of sp³-hybridized carbons (Fsp3) is 0.529. The lowest BCUT2D eigenvalue weighted by Gasteiger charge is -2.16. The van der Waals surface area contributed by atoms with Crippen molar-refractivity contribution in [3.63, 3.8) is 0 Å². The predicted octanol–water partition coefficient (Wildman–Crippen LogP) is 0.643. The van der Waals surface area contributed by atoms with E-state index in [2.05, 4.69) is 16.7 Å². The van der Waals surface area contributed by atoms with Crippen LogP contribution in [0.2, 0.25) is 0 Å². The Kier molecular flexibility index (Phi) is 7.54. The standard InChI is InChI=1S/C17H27N3O3/c1-6-13(3)18-17(22)19-16(21)11-20(4)10-14-9-12(2)7-8-15(14)23-5/h7-9,13H,6,10-11H2,1-5H3,(H2,18,19,21,22)/p+1/t13-/m1/s1. The minimum Gasteiger partial charge on any atom is -0.496 e. The van der Waals surface area contributed by atoms with Crippen molar-refractivity contribution in [1.29, 1.82) is 0 Å². The topological polar surface area (TPSA) is 71.9 Å². The monoisotopic (exact) mass is 322 g/mol. The quantitative estimate of drug-likeness (QED) is 0.690. The fourth-order valence-electron chi connectivity index (χ4n) is 2.24. The second kappa shape index (κ2) is 9.15. The van der Waals surface area contributed by atoms with Crippen LogP contribution in [0.3, 0.4) is 0 Å². The van der Waals surface area contributed by atoms with E-state index in [0.29, 0.717) is 6.54 Å². The van der Waals surface area contributed by atoms with Gasteiger partial charge in [0.2, 0.25) is 0 Å². The molecule has 1 unspecified atom stereocenters. The van der Waals surface area contributed by atoms with Crippen molar-refractivity contribution in [2.24, 2.45) is 0 Å². The number of amides is 3. The number of imide groups is 1. The Morgan fingerprint density at radius 1 is 1.35 bits per heavy atom. The molecule has 23 heavy (non-hydrogen) atoms. The van der Waals surface area contributed by atoms with Crippen LogP contribution in [0.15, 0.2) is 18.2 Å². The minimum atomic E-state index is -0.440. The fourth-order valence-corrected chi connectivity index (χ4v) is 2.24. The molecule has 0 aliphatic rings. The molecule has 0 spiro atoms. The zero-order chi connectivity index (χ0) is 17.4. The number of likely N-dealkylation sites (N-methyl/N-ethyl adjacent to an activating group) is 1. The maximum Gasteiger partial charge on any atom is 0.321 e. The Balaban J connectivity index is 2.53. The molecule has 0 aromatic heterocycles. The number of aryl methyl sites for hydroxylation is 1. The summed E-state index contributed by atoms with van der Waals surface area (Å²) >= 11 is 0. The normalized spacial score (nSPS) is 13.1. The Bertz CT molecular complexity index is 546. The highest BCUT2D eigenvalue weighted by molar-refractivity contribution is 5.94. The average molecular weight is 322 g/mol. The number of ether oxygens (including phenoxy) is 1. The first-order chi connectivity index (χ1) is 10.8. The maximum absolute atomic E-state index is 11.9. The van der Waals surface area contributed by atoms with Crippen LogP contribution in [0.25, 0.3) is 0 Å². The molecular weight excluding hydrogens is 294 g/mol. The van der Waals surface area contributed by atoms with E-state index in [1.165, 1.54) is 0 Å². The third kappa shape index (κ3) is 6.69.